The highest BCUT2D eigenvalue weighted by atomic mass is 16.3. The fourth-order valence-electron chi connectivity index (χ4n) is 6.15. The van der Waals surface area contributed by atoms with Crippen molar-refractivity contribution in [3.05, 3.63) is 72.5 Å². The van der Waals surface area contributed by atoms with Gasteiger partial charge in [-0.2, -0.15) is 0 Å². The standard InChI is InChI=1S/C28H27NO4/c30-15-21-11-22(16-31)26-14-29(13-25(21)26)28(32)20-6-7-24-18(10-20)2-1-3-23(24)19-5-4-17-8-9-33-27(17)12-19/h1-10,12,21-22,25-26,30-31H,11,13-16H2/t21-,22+,25+,26-. The molecule has 1 saturated carbocycles. The van der Waals surface area contributed by atoms with Crippen LogP contribution in [0.25, 0.3) is 32.9 Å². The summed E-state index contributed by atoms with van der Waals surface area (Å²) in [6, 6.07) is 20.3. The van der Waals surface area contributed by atoms with Crippen molar-refractivity contribution in [2.75, 3.05) is 26.3 Å². The van der Waals surface area contributed by atoms with E-state index >= 15 is 0 Å². The van der Waals surface area contributed by atoms with E-state index in [1.165, 1.54) is 0 Å². The molecule has 4 atom stereocenters. The third-order valence-electron chi connectivity index (χ3n) is 7.88. The summed E-state index contributed by atoms with van der Waals surface area (Å²) in [6.07, 6.45) is 2.56. The summed E-state index contributed by atoms with van der Waals surface area (Å²) < 4.78 is 5.58. The molecule has 1 aliphatic carbocycles. The zero-order chi connectivity index (χ0) is 22.5. The molecule has 0 bridgehead atoms. The first kappa shape index (κ1) is 20.5. The van der Waals surface area contributed by atoms with Crippen molar-refractivity contribution in [1.29, 1.82) is 0 Å². The fourth-order valence-corrected chi connectivity index (χ4v) is 6.15. The highest BCUT2D eigenvalue weighted by molar-refractivity contribution is 6.03. The molecule has 5 heteroatoms. The molecule has 1 saturated heterocycles. The van der Waals surface area contributed by atoms with Crippen LogP contribution in [-0.4, -0.2) is 47.3 Å². The number of likely N-dealkylation sites (tertiary alicyclic amines) is 1. The van der Waals surface area contributed by atoms with E-state index in [0.29, 0.717) is 18.7 Å². The molecule has 1 amide bonds. The SMILES string of the molecule is O=C(c1ccc2c(-c3ccc4ccoc4c3)cccc2c1)N1C[C@@H]2[C@H](CO)C[C@H](CO)[C@@H]2C1. The molecule has 2 aliphatic rings. The van der Waals surface area contributed by atoms with Gasteiger partial charge in [-0.15, -0.1) is 0 Å². The summed E-state index contributed by atoms with van der Waals surface area (Å²) in [7, 11) is 0. The van der Waals surface area contributed by atoms with Gasteiger partial charge in [-0.05, 0) is 76.3 Å². The summed E-state index contributed by atoms with van der Waals surface area (Å²) in [5, 5.41) is 22.7. The Balaban J connectivity index is 1.30. The number of nitrogens with zero attached hydrogens (tertiary/aromatic N) is 1. The number of rotatable bonds is 4. The van der Waals surface area contributed by atoms with Crippen molar-refractivity contribution < 1.29 is 19.4 Å². The largest absolute Gasteiger partial charge is 0.464 e. The van der Waals surface area contributed by atoms with Crippen LogP contribution in [0.2, 0.25) is 0 Å². The first-order valence-electron chi connectivity index (χ1n) is 11.7. The summed E-state index contributed by atoms with van der Waals surface area (Å²) in [4.78, 5) is 15.3. The van der Waals surface area contributed by atoms with Gasteiger partial charge in [-0.1, -0.05) is 36.4 Å². The van der Waals surface area contributed by atoms with Crippen LogP contribution in [0.5, 0.6) is 0 Å². The lowest BCUT2D eigenvalue weighted by molar-refractivity contribution is 0.0758. The minimum Gasteiger partial charge on any atom is -0.464 e. The second kappa shape index (κ2) is 8.01. The average Bonchev–Trinajstić information content (AvgIpc) is 3.57. The van der Waals surface area contributed by atoms with E-state index in [1.54, 1.807) is 6.26 Å². The van der Waals surface area contributed by atoms with Crippen LogP contribution in [0.1, 0.15) is 16.8 Å². The number of aliphatic hydroxyl groups excluding tert-OH is 2. The van der Waals surface area contributed by atoms with Crippen LogP contribution in [0.3, 0.4) is 0 Å². The Morgan fingerprint density at radius 2 is 1.70 bits per heavy atom. The van der Waals surface area contributed by atoms with Gasteiger partial charge in [0, 0.05) is 37.3 Å². The summed E-state index contributed by atoms with van der Waals surface area (Å²) in [5.41, 5.74) is 3.73. The smallest absolute Gasteiger partial charge is 0.253 e. The quantitative estimate of drug-likeness (QED) is 0.487. The second-order valence-electron chi connectivity index (χ2n) is 9.57. The molecule has 4 aromatic rings. The number of amides is 1. The Morgan fingerprint density at radius 3 is 2.45 bits per heavy atom. The molecule has 1 aromatic heterocycles. The van der Waals surface area contributed by atoms with Crippen LogP contribution >= 0.6 is 0 Å². The first-order valence-corrected chi connectivity index (χ1v) is 11.7. The monoisotopic (exact) mass is 441 g/mol. The van der Waals surface area contributed by atoms with Crippen molar-refractivity contribution in [2.24, 2.45) is 23.7 Å². The first-order chi connectivity index (χ1) is 16.2. The van der Waals surface area contributed by atoms with Crippen LogP contribution in [0.4, 0.5) is 0 Å². The van der Waals surface area contributed by atoms with Gasteiger partial charge >= 0.3 is 0 Å². The van der Waals surface area contributed by atoms with Gasteiger partial charge in [0.2, 0.25) is 0 Å². The molecule has 0 radical (unpaired) electrons. The Labute approximate surface area is 192 Å². The lowest BCUT2D eigenvalue weighted by Crippen LogP contribution is -2.31. The van der Waals surface area contributed by atoms with Gasteiger partial charge in [-0.3, -0.25) is 4.79 Å². The number of carbonyl (C=O) groups excluding carboxylic acids is 1. The van der Waals surface area contributed by atoms with E-state index in [-0.39, 0.29) is 42.8 Å². The summed E-state index contributed by atoms with van der Waals surface area (Å²) in [5.74, 6) is 0.938. The molecular weight excluding hydrogens is 414 g/mol. The fraction of sp³-hybridized carbons (Fsp3) is 0.321. The van der Waals surface area contributed by atoms with Crippen LogP contribution in [0, 0.1) is 23.7 Å². The lowest BCUT2D eigenvalue weighted by Gasteiger charge is -2.21. The predicted molar refractivity (Wildman–Crippen MR) is 128 cm³/mol. The topological polar surface area (TPSA) is 73.9 Å². The van der Waals surface area contributed by atoms with Gasteiger partial charge in [0.25, 0.3) is 5.91 Å². The summed E-state index contributed by atoms with van der Waals surface area (Å²) in [6.45, 7) is 1.57. The molecular formula is C28H27NO4. The van der Waals surface area contributed by atoms with Gasteiger partial charge in [0.05, 0.1) is 6.26 Å². The molecule has 33 heavy (non-hydrogen) atoms. The molecule has 3 aromatic carbocycles. The molecule has 2 heterocycles. The molecule has 1 aliphatic heterocycles. The van der Waals surface area contributed by atoms with E-state index in [2.05, 4.69) is 24.3 Å². The van der Waals surface area contributed by atoms with Crippen LogP contribution < -0.4 is 0 Å². The normalized spacial score (nSPS) is 24.6. The number of carbonyl (C=O) groups is 1. The third-order valence-corrected chi connectivity index (χ3v) is 7.88. The van der Waals surface area contributed by atoms with Crippen molar-refractivity contribution in [1.82, 2.24) is 4.90 Å². The maximum absolute atomic E-state index is 13.4. The molecule has 168 valence electrons. The minimum absolute atomic E-state index is 0.0297. The maximum Gasteiger partial charge on any atom is 0.253 e. The third kappa shape index (κ3) is 3.35. The molecule has 6 rings (SSSR count). The number of fused-ring (bicyclic) bond motifs is 3. The number of hydrogen-bond acceptors (Lipinski definition) is 4. The van der Waals surface area contributed by atoms with Gasteiger partial charge < -0.3 is 19.5 Å². The van der Waals surface area contributed by atoms with Gasteiger partial charge in [0.1, 0.15) is 5.58 Å². The molecule has 2 N–H and O–H groups in total. The molecule has 5 nitrogen and oxygen atoms in total. The second-order valence-corrected chi connectivity index (χ2v) is 9.57. The predicted octanol–water partition coefficient (Wildman–Crippen LogP) is 4.56. The lowest BCUT2D eigenvalue weighted by atomic mass is 9.91. The number of benzene rings is 3. The van der Waals surface area contributed by atoms with Crippen LogP contribution in [0.15, 0.2) is 71.3 Å². The van der Waals surface area contributed by atoms with E-state index in [9.17, 15) is 15.0 Å². The van der Waals surface area contributed by atoms with Crippen molar-refractivity contribution in [2.45, 2.75) is 6.42 Å². The van der Waals surface area contributed by atoms with Crippen molar-refractivity contribution >= 4 is 27.6 Å². The highest BCUT2D eigenvalue weighted by Crippen LogP contribution is 2.46. The Hall–Kier alpha value is -3.15. The summed E-state index contributed by atoms with van der Waals surface area (Å²) >= 11 is 0. The zero-order valence-corrected chi connectivity index (χ0v) is 18.4. The van der Waals surface area contributed by atoms with Gasteiger partial charge in [0.15, 0.2) is 0 Å². The molecule has 0 spiro atoms. The maximum atomic E-state index is 13.4. The number of furan rings is 1. The highest BCUT2D eigenvalue weighted by Gasteiger charge is 2.48. The number of aliphatic hydroxyl groups is 2. The van der Waals surface area contributed by atoms with Gasteiger partial charge in [-0.25, -0.2) is 0 Å². The number of hydrogen-bond donors (Lipinski definition) is 2. The van der Waals surface area contributed by atoms with E-state index in [1.807, 2.05) is 41.3 Å². The Morgan fingerprint density at radius 1 is 0.909 bits per heavy atom. The minimum atomic E-state index is 0.0297. The van der Waals surface area contributed by atoms with E-state index in [4.69, 9.17) is 4.42 Å². The molecule has 2 fully saturated rings. The van der Waals surface area contributed by atoms with E-state index < -0.39 is 0 Å². The molecule has 0 unspecified atom stereocenters. The van der Waals surface area contributed by atoms with Crippen molar-refractivity contribution in [3.63, 3.8) is 0 Å². The Bertz CT molecular complexity index is 1320. The van der Waals surface area contributed by atoms with E-state index in [0.717, 1.165) is 39.3 Å². The zero-order valence-electron chi connectivity index (χ0n) is 18.4. The average molecular weight is 442 g/mol. The van der Waals surface area contributed by atoms with Crippen molar-refractivity contribution in [3.8, 4) is 11.1 Å². The van der Waals surface area contributed by atoms with Crippen LogP contribution in [-0.2, 0) is 0 Å². The Kier molecular flexibility index (Phi) is 4.97.